The van der Waals surface area contributed by atoms with Crippen molar-refractivity contribution < 1.29 is 9.59 Å². The Morgan fingerprint density at radius 1 is 1.08 bits per heavy atom. The molecule has 2 heterocycles. The minimum atomic E-state index is -0.0231. The van der Waals surface area contributed by atoms with Crippen molar-refractivity contribution in [3.8, 4) is 0 Å². The van der Waals surface area contributed by atoms with E-state index in [1.54, 1.807) is 18.5 Å². The maximum atomic E-state index is 12.6. The number of pyridine rings is 1. The van der Waals surface area contributed by atoms with Crippen LogP contribution in [-0.4, -0.2) is 34.7 Å². The second kappa shape index (κ2) is 7.26. The first-order valence-corrected chi connectivity index (χ1v) is 8.84. The normalized spacial score (nSPS) is 15.3. The number of Topliss-reactive ketones (excluding diaryl/α,β-unsaturated/α-hetero) is 1. The van der Waals surface area contributed by atoms with Crippen molar-refractivity contribution in [3.63, 3.8) is 0 Å². The van der Waals surface area contributed by atoms with E-state index in [4.69, 9.17) is 0 Å². The number of rotatable bonds is 3. The smallest absolute Gasteiger partial charge is 0.255 e. The van der Waals surface area contributed by atoms with E-state index >= 15 is 0 Å². The van der Waals surface area contributed by atoms with Crippen LogP contribution in [0.4, 0.5) is 0 Å². The quantitative estimate of drug-likeness (QED) is 0.751. The third-order valence-electron chi connectivity index (χ3n) is 4.44. The van der Waals surface area contributed by atoms with Gasteiger partial charge in [0.05, 0.1) is 5.56 Å². The summed E-state index contributed by atoms with van der Waals surface area (Å²) in [5.41, 5.74) is 2.49. The van der Waals surface area contributed by atoms with Crippen LogP contribution < -0.4 is 0 Å². The fraction of sp³-hybridized carbons (Fsp3) is 0.316. The Morgan fingerprint density at radius 3 is 2.38 bits per heavy atom. The summed E-state index contributed by atoms with van der Waals surface area (Å²) in [6, 6.07) is 9.49. The number of carbonyl (C=O) groups excluding carboxylic acids is 2. The molecule has 0 spiro atoms. The first kappa shape index (κ1) is 16.8. The molecule has 0 saturated carbocycles. The highest BCUT2D eigenvalue weighted by atomic mass is 79.9. The van der Waals surface area contributed by atoms with Gasteiger partial charge in [0.2, 0.25) is 0 Å². The van der Waals surface area contributed by atoms with E-state index < -0.39 is 0 Å². The van der Waals surface area contributed by atoms with Gasteiger partial charge in [0.1, 0.15) is 0 Å². The van der Waals surface area contributed by atoms with Crippen LogP contribution in [0.1, 0.15) is 39.1 Å². The Bertz CT molecular complexity index is 750. The molecule has 0 radical (unpaired) electrons. The minimum Gasteiger partial charge on any atom is -0.339 e. The molecule has 1 saturated heterocycles. The van der Waals surface area contributed by atoms with Gasteiger partial charge in [0, 0.05) is 41.4 Å². The van der Waals surface area contributed by atoms with Crippen LogP contribution in [0, 0.1) is 12.8 Å². The first-order valence-electron chi connectivity index (χ1n) is 8.05. The van der Waals surface area contributed by atoms with E-state index in [1.165, 1.54) is 0 Å². The molecule has 0 atom stereocenters. The van der Waals surface area contributed by atoms with Gasteiger partial charge in [0.15, 0.2) is 5.78 Å². The van der Waals surface area contributed by atoms with Crippen molar-refractivity contribution >= 4 is 27.6 Å². The van der Waals surface area contributed by atoms with E-state index in [0.29, 0.717) is 31.5 Å². The SMILES string of the molecule is Cc1ccc(C(=O)C2CCN(C(=O)c3cncc(Br)c3)CC2)cc1. The molecule has 1 amide bonds. The van der Waals surface area contributed by atoms with Gasteiger partial charge >= 0.3 is 0 Å². The molecule has 1 aromatic heterocycles. The fourth-order valence-corrected chi connectivity index (χ4v) is 3.37. The molecule has 0 bridgehead atoms. The standard InChI is InChI=1S/C19H19BrN2O2/c1-13-2-4-14(5-3-13)18(23)15-6-8-22(9-7-15)19(24)16-10-17(20)12-21-11-16/h2-5,10-12,15H,6-9H2,1H3. The Balaban J connectivity index is 1.62. The lowest BCUT2D eigenvalue weighted by molar-refractivity contribution is 0.0650. The number of hydrogen-bond acceptors (Lipinski definition) is 3. The molecule has 2 aromatic rings. The van der Waals surface area contributed by atoms with E-state index in [1.807, 2.05) is 36.1 Å². The molecule has 5 heteroatoms. The van der Waals surface area contributed by atoms with Crippen LogP contribution in [0.3, 0.4) is 0 Å². The predicted octanol–water partition coefficient (Wildman–Crippen LogP) is 3.89. The van der Waals surface area contributed by atoms with Gasteiger partial charge in [-0.2, -0.15) is 0 Å². The van der Waals surface area contributed by atoms with E-state index in [9.17, 15) is 9.59 Å². The third-order valence-corrected chi connectivity index (χ3v) is 4.87. The number of benzene rings is 1. The largest absolute Gasteiger partial charge is 0.339 e. The van der Waals surface area contributed by atoms with Crippen molar-refractivity contribution in [1.82, 2.24) is 9.88 Å². The fourth-order valence-electron chi connectivity index (χ4n) is 3.01. The lowest BCUT2D eigenvalue weighted by Crippen LogP contribution is -2.40. The molecule has 0 aliphatic carbocycles. The Kier molecular flexibility index (Phi) is 5.09. The van der Waals surface area contributed by atoms with Gasteiger partial charge in [0.25, 0.3) is 5.91 Å². The lowest BCUT2D eigenvalue weighted by atomic mass is 9.88. The summed E-state index contributed by atoms with van der Waals surface area (Å²) in [5.74, 6) is 0.161. The summed E-state index contributed by atoms with van der Waals surface area (Å²) in [6.07, 6.45) is 4.65. The summed E-state index contributed by atoms with van der Waals surface area (Å²) in [7, 11) is 0. The summed E-state index contributed by atoms with van der Waals surface area (Å²) in [6.45, 7) is 3.22. The average molecular weight is 387 g/mol. The molecule has 0 unspecified atom stereocenters. The number of aromatic nitrogens is 1. The second-order valence-corrected chi connectivity index (χ2v) is 7.10. The highest BCUT2D eigenvalue weighted by Crippen LogP contribution is 2.23. The van der Waals surface area contributed by atoms with Crippen LogP contribution >= 0.6 is 15.9 Å². The topological polar surface area (TPSA) is 50.3 Å². The highest BCUT2D eigenvalue weighted by Gasteiger charge is 2.28. The van der Waals surface area contributed by atoms with Gasteiger partial charge in [-0.3, -0.25) is 14.6 Å². The van der Waals surface area contributed by atoms with E-state index in [0.717, 1.165) is 15.6 Å². The summed E-state index contributed by atoms with van der Waals surface area (Å²) < 4.78 is 0.790. The Morgan fingerprint density at radius 2 is 1.75 bits per heavy atom. The second-order valence-electron chi connectivity index (χ2n) is 6.19. The molecule has 3 rings (SSSR count). The molecule has 1 aromatic carbocycles. The third kappa shape index (κ3) is 3.73. The van der Waals surface area contributed by atoms with Crippen molar-refractivity contribution in [2.45, 2.75) is 19.8 Å². The van der Waals surface area contributed by atoms with Crippen LogP contribution in [0.5, 0.6) is 0 Å². The first-order chi connectivity index (χ1) is 11.5. The molecule has 1 aliphatic rings. The van der Waals surface area contributed by atoms with Crippen LogP contribution in [0.15, 0.2) is 47.2 Å². The molecular formula is C19H19BrN2O2. The number of hydrogen-bond donors (Lipinski definition) is 0. The van der Waals surface area contributed by atoms with Crippen LogP contribution in [-0.2, 0) is 0 Å². The average Bonchev–Trinajstić information content (AvgIpc) is 2.61. The van der Waals surface area contributed by atoms with Crippen LogP contribution in [0.2, 0.25) is 0 Å². The molecule has 4 nitrogen and oxygen atoms in total. The number of aryl methyl sites for hydroxylation is 1. The number of carbonyl (C=O) groups is 2. The number of nitrogens with zero attached hydrogens (tertiary/aromatic N) is 2. The lowest BCUT2D eigenvalue weighted by Gasteiger charge is -2.31. The van der Waals surface area contributed by atoms with E-state index in [-0.39, 0.29) is 17.6 Å². The van der Waals surface area contributed by atoms with Gasteiger partial charge in [-0.1, -0.05) is 29.8 Å². The Hall–Kier alpha value is -2.01. The van der Waals surface area contributed by atoms with Crippen molar-refractivity contribution in [3.05, 3.63) is 63.9 Å². The summed E-state index contributed by atoms with van der Waals surface area (Å²) in [4.78, 5) is 30.9. The molecule has 24 heavy (non-hydrogen) atoms. The summed E-state index contributed by atoms with van der Waals surface area (Å²) >= 11 is 3.34. The maximum Gasteiger partial charge on any atom is 0.255 e. The number of ketones is 1. The molecule has 1 aliphatic heterocycles. The summed E-state index contributed by atoms with van der Waals surface area (Å²) in [5, 5.41) is 0. The molecule has 124 valence electrons. The van der Waals surface area contributed by atoms with Gasteiger partial charge < -0.3 is 4.90 Å². The highest BCUT2D eigenvalue weighted by molar-refractivity contribution is 9.10. The number of halogens is 1. The predicted molar refractivity (Wildman–Crippen MR) is 96.1 cm³/mol. The monoisotopic (exact) mass is 386 g/mol. The zero-order chi connectivity index (χ0) is 17.1. The zero-order valence-corrected chi connectivity index (χ0v) is 15.1. The molecule has 1 fully saturated rings. The van der Waals surface area contributed by atoms with Crippen LogP contribution in [0.25, 0.3) is 0 Å². The van der Waals surface area contributed by atoms with Crippen molar-refractivity contribution in [2.24, 2.45) is 5.92 Å². The zero-order valence-electron chi connectivity index (χ0n) is 13.5. The Labute approximate surface area is 150 Å². The van der Waals surface area contributed by atoms with E-state index in [2.05, 4.69) is 20.9 Å². The number of amides is 1. The molecular weight excluding hydrogens is 368 g/mol. The van der Waals surface area contributed by atoms with Gasteiger partial charge in [-0.15, -0.1) is 0 Å². The van der Waals surface area contributed by atoms with Gasteiger partial charge in [-0.25, -0.2) is 0 Å². The number of likely N-dealkylation sites (tertiary alicyclic amines) is 1. The minimum absolute atomic E-state index is 0.00242. The molecule has 0 N–H and O–H groups in total. The van der Waals surface area contributed by atoms with Crippen molar-refractivity contribution in [1.29, 1.82) is 0 Å². The number of piperidine rings is 1. The van der Waals surface area contributed by atoms with Crippen molar-refractivity contribution in [2.75, 3.05) is 13.1 Å². The van der Waals surface area contributed by atoms with Gasteiger partial charge in [-0.05, 0) is 41.8 Å². The maximum absolute atomic E-state index is 12.6.